The third kappa shape index (κ3) is 4.72. The lowest BCUT2D eigenvalue weighted by atomic mass is 9.98. The van der Waals surface area contributed by atoms with Gasteiger partial charge in [-0.1, -0.05) is 76.6 Å². The number of carbonyl (C=O) groups excluding carboxylic acids is 1. The van der Waals surface area contributed by atoms with Crippen molar-refractivity contribution in [3.8, 4) is 0 Å². The molecule has 0 spiro atoms. The van der Waals surface area contributed by atoms with Crippen molar-refractivity contribution < 1.29 is 9.53 Å². The summed E-state index contributed by atoms with van der Waals surface area (Å²) < 4.78 is 4.94. The summed E-state index contributed by atoms with van der Waals surface area (Å²) in [5, 5.41) is 0. The second kappa shape index (κ2) is 6.65. The summed E-state index contributed by atoms with van der Waals surface area (Å²) in [6, 6.07) is 0. The highest BCUT2D eigenvalue weighted by atomic mass is 32.2. The van der Waals surface area contributed by atoms with Gasteiger partial charge in [0.1, 0.15) is 4.75 Å². The Hall–Kier alpha value is -0.700. The molecule has 0 amide bonds. The van der Waals surface area contributed by atoms with Crippen LogP contribution in [0, 0.1) is 5.41 Å². The molecule has 1 rings (SSSR count). The molecule has 19 heavy (non-hydrogen) atoms. The maximum Gasteiger partial charge on any atom is 0.327 e. The van der Waals surface area contributed by atoms with Crippen molar-refractivity contribution in [2.75, 3.05) is 0 Å². The maximum absolute atomic E-state index is 12.0. The van der Waals surface area contributed by atoms with E-state index in [1.54, 1.807) is 11.8 Å². The molecule has 0 bridgehead atoms. The number of hydrogen-bond donors (Lipinski definition) is 0. The first-order chi connectivity index (χ1) is 8.79. The van der Waals surface area contributed by atoms with E-state index in [-0.39, 0.29) is 16.8 Å². The van der Waals surface area contributed by atoms with Crippen molar-refractivity contribution in [2.45, 2.75) is 64.1 Å². The highest BCUT2D eigenvalue weighted by Gasteiger charge is 2.48. The topological polar surface area (TPSA) is 26.3 Å². The van der Waals surface area contributed by atoms with Crippen LogP contribution in [-0.4, -0.2) is 16.2 Å². The Bertz CT molecular complexity index is 365. The van der Waals surface area contributed by atoms with Gasteiger partial charge < -0.3 is 4.74 Å². The van der Waals surface area contributed by atoms with Crippen LogP contribution in [0.3, 0.4) is 0 Å². The van der Waals surface area contributed by atoms with Gasteiger partial charge >= 0.3 is 5.97 Å². The molecule has 0 unspecified atom stereocenters. The van der Waals surface area contributed by atoms with Crippen molar-refractivity contribution in [2.24, 2.45) is 5.41 Å². The van der Waals surface area contributed by atoms with Gasteiger partial charge in [-0.3, -0.25) is 4.79 Å². The third-order valence-electron chi connectivity index (χ3n) is 3.06. The van der Waals surface area contributed by atoms with E-state index in [4.69, 9.17) is 4.74 Å². The standard InChI is InChI=1S/C16H26O2S/c1-6-7-8-9-10-11-12-16(5)13(17)18-14(19-16)15(2,3)4/h9-12,14H,6-8H2,1-5H3/t14-,16-/m1/s1. The van der Waals surface area contributed by atoms with E-state index >= 15 is 0 Å². The highest BCUT2D eigenvalue weighted by molar-refractivity contribution is 8.02. The molecular weight excluding hydrogens is 256 g/mol. The zero-order valence-corrected chi connectivity index (χ0v) is 13.5. The van der Waals surface area contributed by atoms with Crippen molar-refractivity contribution >= 4 is 17.7 Å². The van der Waals surface area contributed by atoms with E-state index < -0.39 is 4.75 Å². The number of hydrogen-bond acceptors (Lipinski definition) is 3. The molecule has 0 N–H and O–H groups in total. The summed E-state index contributed by atoms with van der Waals surface area (Å²) in [6.07, 6.45) is 11.6. The first-order valence-corrected chi connectivity index (χ1v) is 7.91. The minimum atomic E-state index is -0.549. The minimum absolute atomic E-state index is 0.0249. The summed E-state index contributed by atoms with van der Waals surface area (Å²) in [4.78, 5) is 12.0. The predicted molar refractivity (Wildman–Crippen MR) is 83.1 cm³/mol. The van der Waals surface area contributed by atoms with Gasteiger partial charge in [-0.25, -0.2) is 0 Å². The zero-order valence-electron chi connectivity index (χ0n) is 12.7. The molecule has 108 valence electrons. The van der Waals surface area contributed by atoms with Crippen LogP contribution in [0.15, 0.2) is 24.3 Å². The monoisotopic (exact) mass is 282 g/mol. The normalized spacial score (nSPS) is 28.5. The van der Waals surface area contributed by atoms with E-state index in [9.17, 15) is 4.79 Å². The summed E-state index contributed by atoms with van der Waals surface area (Å²) in [6.45, 7) is 10.4. The summed E-state index contributed by atoms with van der Waals surface area (Å²) >= 11 is 1.60. The maximum atomic E-state index is 12.0. The first kappa shape index (κ1) is 16.4. The predicted octanol–water partition coefficient (Wildman–Crippen LogP) is 4.71. The first-order valence-electron chi connectivity index (χ1n) is 7.03. The van der Waals surface area contributed by atoms with E-state index in [1.165, 1.54) is 12.8 Å². The molecule has 1 aliphatic rings. The number of thioether (sulfide) groups is 1. The van der Waals surface area contributed by atoms with Gasteiger partial charge in [0, 0.05) is 5.41 Å². The van der Waals surface area contributed by atoms with Gasteiger partial charge in [-0.2, -0.15) is 0 Å². The fourth-order valence-electron chi connectivity index (χ4n) is 1.71. The number of esters is 1. The van der Waals surface area contributed by atoms with Crippen LogP contribution in [0.1, 0.15) is 53.9 Å². The molecule has 0 aromatic heterocycles. The molecule has 0 radical (unpaired) electrons. The van der Waals surface area contributed by atoms with Gasteiger partial charge in [-0.15, -0.1) is 0 Å². The minimum Gasteiger partial charge on any atom is -0.449 e. The second-order valence-corrected chi connectivity index (χ2v) is 7.77. The molecule has 0 aromatic rings. The van der Waals surface area contributed by atoms with Crippen LogP contribution in [0.2, 0.25) is 0 Å². The number of cyclic esters (lactones) is 1. The molecule has 1 fully saturated rings. The molecule has 1 aliphatic heterocycles. The fourth-order valence-corrected chi connectivity index (χ4v) is 2.94. The molecule has 0 aliphatic carbocycles. The molecule has 0 aromatic carbocycles. The fraction of sp³-hybridized carbons (Fsp3) is 0.688. The molecule has 1 heterocycles. The van der Waals surface area contributed by atoms with E-state index in [0.717, 1.165) is 6.42 Å². The molecule has 2 nitrogen and oxygen atoms in total. The highest BCUT2D eigenvalue weighted by Crippen LogP contribution is 2.46. The van der Waals surface area contributed by atoms with Gasteiger partial charge in [0.05, 0.1) is 0 Å². The lowest BCUT2D eigenvalue weighted by Crippen LogP contribution is -2.24. The van der Waals surface area contributed by atoms with Crippen LogP contribution in [0.4, 0.5) is 0 Å². The third-order valence-corrected chi connectivity index (χ3v) is 4.87. The Kier molecular flexibility index (Phi) is 5.72. The number of ether oxygens (including phenoxy) is 1. The van der Waals surface area contributed by atoms with Crippen molar-refractivity contribution in [1.29, 1.82) is 0 Å². The quantitative estimate of drug-likeness (QED) is 0.415. The number of allylic oxidation sites excluding steroid dienone is 3. The molecule has 0 saturated carbocycles. The van der Waals surface area contributed by atoms with Gasteiger partial charge in [0.15, 0.2) is 5.44 Å². The van der Waals surface area contributed by atoms with E-state index in [1.807, 2.05) is 25.2 Å². The van der Waals surface area contributed by atoms with Crippen molar-refractivity contribution in [1.82, 2.24) is 0 Å². The van der Waals surface area contributed by atoms with Crippen molar-refractivity contribution in [3.05, 3.63) is 24.3 Å². The molecular formula is C16H26O2S. The van der Waals surface area contributed by atoms with E-state index in [2.05, 4.69) is 33.8 Å². The average Bonchev–Trinajstić information content (AvgIpc) is 2.61. The van der Waals surface area contributed by atoms with E-state index in [0.29, 0.717) is 0 Å². The van der Waals surface area contributed by atoms with Gasteiger partial charge in [-0.05, 0) is 13.3 Å². The Morgan fingerprint density at radius 2 is 2.05 bits per heavy atom. The van der Waals surface area contributed by atoms with Crippen LogP contribution in [0.25, 0.3) is 0 Å². The summed E-state index contributed by atoms with van der Waals surface area (Å²) in [7, 11) is 0. The number of unbranched alkanes of at least 4 members (excludes halogenated alkanes) is 2. The van der Waals surface area contributed by atoms with Crippen LogP contribution in [-0.2, 0) is 9.53 Å². The summed E-state index contributed by atoms with van der Waals surface area (Å²) in [5.74, 6) is -0.129. The Balaban J connectivity index is 2.59. The van der Waals surface area contributed by atoms with Crippen LogP contribution in [0.5, 0.6) is 0 Å². The molecule has 1 saturated heterocycles. The van der Waals surface area contributed by atoms with Crippen LogP contribution >= 0.6 is 11.8 Å². The van der Waals surface area contributed by atoms with Gasteiger partial charge in [0.2, 0.25) is 0 Å². The van der Waals surface area contributed by atoms with Crippen molar-refractivity contribution in [3.63, 3.8) is 0 Å². The largest absolute Gasteiger partial charge is 0.449 e. The van der Waals surface area contributed by atoms with Crippen LogP contribution < -0.4 is 0 Å². The Morgan fingerprint density at radius 1 is 1.37 bits per heavy atom. The SMILES string of the molecule is CCCCC=CC=C[C@@]1(C)S[C@H](C(C)(C)C)OC1=O. The number of rotatable bonds is 5. The summed E-state index contributed by atoms with van der Waals surface area (Å²) in [5.41, 5.74) is -0.0955. The van der Waals surface area contributed by atoms with Gasteiger partial charge in [0.25, 0.3) is 0 Å². The Labute approximate surface area is 121 Å². The average molecular weight is 282 g/mol. The lowest BCUT2D eigenvalue weighted by molar-refractivity contribution is -0.146. The lowest BCUT2D eigenvalue weighted by Gasteiger charge is -2.24. The molecule has 3 heteroatoms. The zero-order chi connectivity index (χ0) is 14.5. The Morgan fingerprint density at radius 3 is 2.58 bits per heavy atom. The second-order valence-electron chi connectivity index (χ2n) is 6.26. The molecule has 2 atom stereocenters. The smallest absolute Gasteiger partial charge is 0.327 e. The number of carbonyl (C=O) groups is 1.